The molecule has 2 N–H and O–H groups in total. The molecule has 0 atom stereocenters. The van der Waals surface area contributed by atoms with Crippen LogP contribution in [0, 0.1) is 12.7 Å². The number of hydrogen-bond acceptors (Lipinski definition) is 6. The molecule has 0 aliphatic carbocycles. The summed E-state index contributed by atoms with van der Waals surface area (Å²) in [5.74, 6) is -0.705. The van der Waals surface area contributed by atoms with Crippen molar-refractivity contribution < 1.29 is 27.1 Å². The first kappa shape index (κ1) is 24.1. The van der Waals surface area contributed by atoms with Crippen LogP contribution in [0.4, 0.5) is 10.1 Å². The molecule has 33 heavy (non-hydrogen) atoms. The first-order chi connectivity index (χ1) is 15.8. The largest absolute Gasteiger partial charge is 0.475 e. The highest BCUT2D eigenvalue weighted by atomic mass is 32.2. The maximum Gasteiger partial charge on any atom is 0.262 e. The third-order valence-electron chi connectivity index (χ3n) is 4.67. The summed E-state index contributed by atoms with van der Waals surface area (Å²) in [6, 6.07) is 13.0. The highest BCUT2D eigenvalue weighted by molar-refractivity contribution is 7.92. The fraction of sp³-hybridized carbons (Fsp3) is 0.217. The number of nitrogens with zero attached hydrogens (tertiary/aromatic N) is 1. The van der Waals surface area contributed by atoms with Gasteiger partial charge in [-0.05, 0) is 42.3 Å². The number of methoxy groups -OCH3 is 1. The minimum absolute atomic E-state index is 0.152. The van der Waals surface area contributed by atoms with E-state index in [0.29, 0.717) is 24.7 Å². The second-order valence-corrected chi connectivity index (χ2v) is 8.77. The SMILES string of the molecule is COCCOc1ccc(CNC(=O)c2cc(S(=O)(=O)Nc3ccccc3F)ccc2C)cn1. The van der Waals surface area contributed by atoms with Crippen molar-refractivity contribution in [2.75, 3.05) is 25.0 Å². The predicted octanol–water partition coefficient (Wildman–Crippen LogP) is 3.29. The second-order valence-electron chi connectivity index (χ2n) is 7.09. The van der Waals surface area contributed by atoms with E-state index in [4.69, 9.17) is 9.47 Å². The zero-order chi connectivity index (χ0) is 23.8. The number of hydrogen-bond donors (Lipinski definition) is 2. The normalized spacial score (nSPS) is 11.1. The molecule has 1 aromatic heterocycles. The Bertz CT molecular complexity index is 1220. The molecule has 0 unspecified atom stereocenters. The van der Waals surface area contributed by atoms with E-state index in [0.717, 1.165) is 11.6 Å². The van der Waals surface area contributed by atoms with Crippen LogP contribution in [-0.4, -0.2) is 39.6 Å². The number of ether oxygens (including phenoxy) is 2. The van der Waals surface area contributed by atoms with Crippen LogP contribution in [0.3, 0.4) is 0 Å². The second kappa shape index (κ2) is 10.9. The molecular formula is C23H24FN3O5S. The standard InChI is InChI=1S/C23H24FN3O5S/c1-16-7-9-18(33(29,30)27-21-6-4-3-5-20(21)24)13-19(16)23(28)26-15-17-8-10-22(25-14-17)32-12-11-31-2/h3-10,13-14,27H,11-12,15H2,1-2H3,(H,26,28). The van der Waals surface area contributed by atoms with Gasteiger partial charge in [-0.2, -0.15) is 0 Å². The molecule has 0 fully saturated rings. The van der Waals surface area contributed by atoms with Gasteiger partial charge in [-0.25, -0.2) is 17.8 Å². The van der Waals surface area contributed by atoms with Crippen LogP contribution in [0.25, 0.3) is 0 Å². The van der Waals surface area contributed by atoms with E-state index in [1.54, 1.807) is 32.4 Å². The zero-order valence-electron chi connectivity index (χ0n) is 18.2. The summed E-state index contributed by atoms with van der Waals surface area (Å²) in [6.07, 6.45) is 1.58. The number of pyridine rings is 1. The number of carbonyl (C=O) groups is 1. The Labute approximate surface area is 191 Å². The fourth-order valence-electron chi connectivity index (χ4n) is 2.87. The molecule has 8 nitrogen and oxygen atoms in total. The van der Waals surface area contributed by atoms with Gasteiger partial charge in [0.15, 0.2) is 0 Å². The van der Waals surface area contributed by atoms with Crippen molar-refractivity contribution in [1.82, 2.24) is 10.3 Å². The van der Waals surface area contributed by atoms with Crippen LogP contribution in [-0.2, 0) is 21.3 Å². The van der Waals surface area contributed by atoms with Crippen molar-refractivity contribution in [2.24, 2.45) is 0 Å². The molecule has 0 saturated heterocycles. The number of anilines is 1. The number of rotatable bonds is 10. The van der Waals surface area contributed by atoms with E-state index in [1.807, 2.05) is 0 Å². The Morgan fingerprint density at radius 3 is 2.58 bits per heavy atom. The monoisotopic (exact) mass is 473 g/mol. The number of halogens is 1. The van der Waals surface area contributed by atoms with Gasteiger partial charge in [0.1, 0.15) is 12.4 Å². The summed E-state index contributed by atoms with van der Waals surface area (Å²) >= 11 is 0. The Morgan fingerprint density at radius 1 is 1.09 bits per heavy atom. The Hall–Kier alpha value is -3.50. The van der Waals surface area contributed by atoms with Gasteiger partial charge < -0.3 is 14.8 Å². The van der Waals surface area contributed by atoms with Gasteiger partial charge in [0.25, 0.3) is 15.9 Å². The van der Waals surface area contributed by atoms with Gasteiger partial charge in [-0.1, -0.05) is 24.3 Å². The minimum Gasteiger partial charge on any atom is -0.475 e. The van der Waals surface area contributed by atoms with Crippen molar-refractivity contribution >= 4 is 21.6 Å². The van der Waals surface area contributed by atoms with Gasteiger partial charge >= 0.3 is 0 Å². The third-order valence-corrected chi connectivity index (χ3v) is 6.03. The predicted molar refractivity (Wildman–Crippen MR) is 121 cm³/mol. The van der Waals surface area contributed by atoms with Crippen LogP contribution < -0.4 is 14.8 Å². The van der Waals surface area contributed by atoms with E-state index >= 15 is 0 Å². The van der Waals surface area contributed by atoms with E-state index in [1.165, 1.54) is 36.4 Å². The first-order valence-corrected chi connectivity index (χ1v) is 11.5. The first-order valence-electron chi connectivity index (χ1n) is 10.0. The Balaban J connectivity index is 1.68. The summed E-state index contributed by atoms with van der Waals surface area (Å²) in [4.78, 5) is 16.7. The molecule has 3 rings (SSSR count). The van der Waals surface area contributed by atoms with E-state index in [9.17, 15) is 17.6 Å². The van der Waals surface area contributed by atoms with Crippen molar-refractivity contribution in [2.45, 2.75) is 18.4 Å². The summed E-state index contributed by atoms with van der Waals surface area (Å²) in [5.41, 5.74) is 1.35. The molecule has 10 heteroatoms. The molecule has 0 aliphatic heterocycles. The topological polar surface area (TPSA) is 107 Å². The number of carbonyl (C=O) groups excluding carboxylic acids is 1. The van der Waals surface area contributed by atoms with Crippen molar-refractivity contribution in [1.29, 1.82) is 0 Å². The van der Waals surface area contributed by atoms with Gasteiger partial charge in [0, 0.05) is 31.5 Å². The van der Waals surface area contributed by atoms with E-state index in [2.05, 4.69) is 15.0 Å². The molecule has 0 aliphatic rings. The van der Waals surface area contributed by atoms with Crippen LogP contribution in [0.15, 0.2) is 65.7 Å². The Kier molecular flexibility index (Phi) is 7.96. The molecule has 0 radical (unpaired) electrons. The number of sulfonamides is 1. The number of amides is 1. The molecule has 0 saturated carbocycles. The zero-order valence-corrected chi connectivity index (χ0v) is 19.0. The van der Waals surface area contributed by atoms with E-state index < -0.39 is 21.7 Å². The fourth-order valence-corrected chi connectivity index (χ4v) is 3.96. The van der Waals surface area contributed by atoms with Crippen LogP contribution >= 0.6 is 0 Å². The number of benzene rings is 2. The van der Waals surface area contributed by atoms with Crippen LogP contribution in [0.2, 0.25) is 0 Å². The lowest BCUT2D eigenvalue weighted by Crippen LogP contribution is -2.24. The summed E-state index contributed by atoms with van der Waals surface area (Å²) in [5, 5.41) is 2.75. The number of aromatic nitrogens is 1. The molecule has 174 valence electrons. The maximum absolute atomic E-state index is 13.9. The average molecular weight is 474 g/mol. The number of aryl methyl sites for hydroxylation is 1. The lowest BCUT2D eigenvalue weighted by Gasteiger charge is -2.12. The van der Waals surface area contributed by atoms with Crippen LogP contribution in [0.1, 0.15) is 21.5 Å². The molecule has 1 heterocycles. The average Bonchev–Trinajstić information content (AvgIpc) is 2.80. The van der Waals surface area contributed by atoms with Gasteiger partial charge in [0.2, 0.25) is 5.88 Å². The summed E-state index contributed by atoms with van der Waals surface area (Å²) in [7, 11) is -2.51. The summed E-state index contributed by atoms with van der Waals surface area (Å²) < 4.78 is 51.8. The van der Waals surface area contributed by atoms with Crippen LogP contribution in [0.5, 0.6) is 5.88 Å². The third kappa shape index (κ3) is 6.50. The highest BCUT2D eigenvalue weighted by Crippen LogP contribution is 2.21. The Morgan fingerprint density at radius 2 is 1.88 bits per heavy atom. The smallest absolute Gasteiger partial charge is 0.262 e. The molecule has 0 bridgehead atoms. The van der Waals surface area contributed by atoms with Gasteiger partial charge in [-0.15, -0.1) is 0 Å². The van der Waals surface area contributed by atoms with E-state index in [-0.39, 0.29) is 22.7 Å². The summed E-state index contributed by atoms with van der Waals surface area (Å²) in [6.45, 7) is 2.71. The molecule has 2 aromatic carbocycles. The molecule has 0 spiro atoms. The van der Waals surface area contributed by atoms with Crippen molar-refractivity contribution in [3.63, 3.8) is 0 Å². The number of para-hydroxylation sites is 1. The molecule has 3 aromatic rings. The maximum atomic E-state index is 13.9. The van der Waals surface area contributed by atoms with Gasteiger partial charge in [-0.3, -0.25) is 9.52 Å². The highest BCUT2D eigenvalue weighted by Gasteiger charge is 2.19. The lowest BCUT2D eigenvalue weighted by atomic mass is 10.1. The quantitative estimate of drug-likeness (QED) is 0.438. The van der Waals surface area contributed by atoms with Gasteiger partial charge in [0.05, 0.1) is 17.2 Å². The van der Waals surface area contributed by atoms with Crippen molar-refractivity contribution in [3.8, 4) is 5.88 Å². The number of nitrogens with one attached hydrogen (secondary N) is 2. The minimum atomic E-state index is -4.09. The molecule has 1 amide bonds. The van der Waals surface area contributed by atoms with Crippen molar-refractivity contribution in [3.05, 3.63) is 83.3 Å². The lowest BCUT2D eigenvalue weighted by molar-refractivity contribution is 0.0950. The molecular weight excluding hydrogens is 449 g/mol.